The van der Waals surface area contributed by atoms with Gasteiger partial charge in [-0.2, -0.15) is 0 Å². The molecule has 7 nitrogen and oxygen atoms in total. The van der Waals surface area contributed by atoms with Crippen molar-refractivity contribution >= 4 is 46.4 Å². The molecule has 2 aliphatic rings. The van der Waals surface area contributed by atoms with Gasteiger partial charge in [0.15, 0.2) is 0 Å². The molecule has 0 atom stereocenters. The van der Waals surface area contributed by atoms with Crippen LogP contribution in [0.3, 0.4) is 0 Å². The van der Waals surface area contributed by atoms with Crippen molar-refractivity contribution in [3.8, 4) is 0 Å². The minimum absolute atomic E-state index is 0.915. The SMILES string of the molecule is C1=Cc2cc3ccc(cc4ccc(cc5nc(cc1n2)C=C5)[nH]4)[nH]3.c1ccncc1.c1ccncc1.c1ccncc1. The van der Waals surface area contributed by atoms with Crippen LogP contribution in [0.5, 0.6) is 0 Å². The van der Waals surface area contributed by atoms with Crippen LogP contribution in [0.15, 0.2) is 140 Å². The summed E-state index contributed by atoms with van der Waals surface area (Å²) in [6.45, 7) is 0. The maximum atomic E-state index is 4.62. The topological polar surface area (TPSA) is 96.0 Å². The highest BCUT2D eigenvalue weighted by Gasteiger charge is 2.02. The number of hydrogen-bond donors (Lipinski definition) is 2. The third-order valence-corrected chi connectivity index (χ3v) is 5.74. The molecule has 0 aromatic carbocycles. The van der Waals surface area contributed by atoms with Crippen LogP contribution >= 0.6 is 0 Å². The minimum Gasteiger partial charge on any atom is -0.355 e. The number of nitrogens with zero attached hydrogens (tertiary/aromatic N) is 5. The maximum absolute atomic E-state index is 4.62. The van der Waals surface area contributed by atoms with Crippen molar-refractivity contribution < 1.29 is 0 Å². The van der Waals surface area contributed by atoms with Crippen molar-refractivity contribution in [1.82, 2.24) is 34.9 Å². The summed E-state index contributed by atoms with van der Waals surface area (Å²) in [5.74, 6) is 0. The lowest BCUT2D eigenvalue weighted by Gasteiger charge is -1.86. The first-order chi connectivity index (χ1) is 20.8. The number of pyridine rings is 3. The number of hydrogen-bond acceptors (Lipinski definition) is 5. The second-order valence-corrected chi connectivity index (χ2v) is 8.98. The molecule has 8 rings (SSSR count). The van der Waals surface area contributed by atoms with Crippen LogP contribution < -0.4 is 0 Å². The van der Waals surface area contributed by atoms with Gasteiger partial charge in [0, 0.05) is 59.2 Å². The molecule has 2 N–H and O–H groups in total. The molecule has 0 saturated heterocycles. The second kappa shape index (κ2) is 15.0. The lowest BCUT2D eigenvalue weighted by atomic mass is 10.3. The van der Waals surface area contributed by atoms with Gasteiger partial charge < -0.3 is 9.97 Å². The molecule has 0 fully saturated rings. The summed E-state index contributed by atoms with van der Waals surface area (Å²) < 4.78 is 0. The Kier molecular flexibility index (Phi) is 9.86. The number of aromatic nitrogens is 7. The van der Waals surface area contributed by atoms with Gasteiger partial charge in [-0.1, -0.05) is 18.2 Å². The third kappa shape index (κ3) is 9.07. The molecule has 0 saturated carbocycles. The predicted octanol–water partition coefficient (Wildman–Crippen LogP) is 7.90. The molecule has 7 heteroatoms. The maximum Gasteiger partial charge on any atom is 0.0659 e. The van der Waals surface area contributed by atoms with Crippen LogP contribution in [-0.4, -0.2) is 34.9 Å². The Balaban J connectivity index is 0.000000158. The third-order valence-electron chi connectivity index (χ3n) is 5.74. The van der Waals surface area contributed by atoms with E-state index in [9.17, 15) is 0 Å². The lowest BCUT2D eigenvalue weighted by Crippen LogP contribution is -1.77. The van der Waals surface area contributed by atoms with Crippen LogP contribution in [0.2, 0.25) is 0 Å². The summed E-state index contributed by atoms with van der Waals surface area (Å²) >= 11 is 0. The Morgan fingerprint density at radius 2 is 0.643 bits per heavy atom. The smallest absolute Gasteiger partial charge is 0.0659 e. The first-order valence-electron chi connectivity index (χ1n) is 13.4. The molecule has 0 amide bonds. The van der Waals surface area contributed by atoms with Gasteiger partial charge in [0.2, 0.25) is 0 Å². The highest BCUT2D eigenvalue weighted by atomic mass is 14.8. The molecule has 0 unspecified atom stereocenters. The number of rotatable bonds is 0. The number of H-pyrrole nitrogens is 2. The summed E-state index contributed by atoms with van der Waals surface area (Å²) in [4.78, 5) is 27.4. The van der Waals surface area contributed by atoms with Gasteiger partial charge in [-0.3, -0.25) is 15.0 Å². The average molecular weight is 548 g/mol. The molecule has 0 aliphatic carbocycles. The van der Waals surface area contributed by atoms with Crippen LogP contribution in [-0.2, 0) is 0 Å². The first-order valence-corrected chi connectivity index (χ1v) is 13.4. The van der Waals surface area contributed by atoms with Crippen molar-refractivity contribution in [2.24, 2.45) is 0 Å². The highest BCUT2D eigenvalue weighted by molar-refractivity contribution is 5.77. The van der Waals surface area contributed by atoms with Crippen molar-refractivity contribution in [3.63, 3.8) is 0 Å². The zero-order chi connectivity index (χ0) is 28.7. The highest BCUT2D eigenvalue weighted by Crippen LogP contribution is 2.17. The Hall–Kier alpha value is -5.95. The van der Waals surface area contributed by atoms with Crippen molar-refractivity contribution in [1.29, 1.82) is 0 Å². The standard InChI is InChI=1S/C20H14N4.3C5H5N/c1-2-14-10-16-5-6-18(23-16)12-20-8-7-19(24-20)11-17-4-3-15(22-17)9-13(1)21-14;3*1-2-4-6-5-3-1/h1-12,21-22H;3*1-5H. The number of fused-ring (bicyclic) bond motifs is 8. The van der Waals surface area contributed by atoms with Crippen molar-refractivity contribution in [3.05, 3.63) is 163 Å². The van der Waals surface area contributed by atoms with E-state index in [2.05, 4.69) is 65.2 Å². The van der Waals surface area contributed by atoms with Gasteiger partial charge in [0.25, 0.3) is 0 Å². The van der Waals surface area contributed by atoms with Gasteiger partial charge in [0.1, 0.15) is 0 Å². The van der Waals surface area contributed by atoms with Crippen LogP contribution in [0.25, 0.3) is 46.4 Å². The first kappa shape index (κ1) is 27.6. The fraction of sp³-hybridized carbons (Fsp3) is 0. The van der Waals surface area contributed by atoms with Crippen LogP contribution in [0.1, 0.15) is 22.8 Å². The zero-order valence-electron chi connectivity index (χ0n) is 22.8. The molecule has 8 heterocycles. The molecule has 6 aromatic heterocycles. The molecule has 8 bridgehead atoms. The van der Waals surface area contributed by atoms with E-state index in [0.717, 1.165) is 44.8 Å². The summed E-state index contributed by atoms with van der Waals surface area (Å²) in [5, 5.41) is 0. The van der Waals surface area contributed by atoms with E-state index < -0.39 is 0 Å². The molecule has 6 aromatic rings. The molecular formula is C35H29N7. The molecular weight excluding hydrogens is 518 g/mol. The van der Waals surface area contributed by atoms with E-state index in [-0.39, 0.29) is 0 Å². The number of nitrogens with one attached hydrogen (secondary N) is 2. The zero-order valence-corrected chi connectivity index (χ0v) is 22.8. The molecule has 0 radical (unpaired) electrons. The van der Waals surface area contributed by atoms with Crippen molar-refractivity contribution in [2.75, 3.05) is 0 Å². The summed E-state index contributed by atoms with van der Waals surface area (Å²) in [6, 6.07) is 33.6. The van der Waals surface area contributed by atoms with Gasteiger partial charge in [-0.25, -0.2) is 9.97 Å². The summed E-state index contributed by atoms with van der Waals surface area (Å²) in [6.07, 6.45) is 18.5. The van der Waals surface area contributed by atoms with Crippen molar-refractivity contribution in [2.45, 2.75) is 0 Å². The molecule has 42 heavy (non-hydrogen) atoms. The Labute approximate surface area is 244 Å². The Bertz CT molecular complexity index is 1630. The average Bonchev–Trinajstić information content (AvgIpc) is 3.88. The number of aromatic amines is 2. The monoisotopic (exact) mass is 547 g/mol. The largest absolute Gasteiger partial charge is 0.355 e. The van der Waals surface area contributed by atoms with E-state index in [1.807, 2.05) is 97.1 Å². The van der Waals surface area contributed by atoms with Gasteiger partial charge in [0.05, 0.1) is 22.8 Å². The van der Waals surface area contributed by atoms with E-state index in [4.69, 9.17) is 0 Å². The van der Waals surface area contributed by atoms with E-state index in [1.54, 1.807) is 37.2 Å². The van der Waals surface area contributed by atoms with E-state index >= 15 is 0 Å². The fourth-order valence-corrected chi connectivity index (χ4v) is 3.88. The van der Waals surface area contributed by atoms with Gasteiger partial charge in [-0.05, 0) is 109 Å². The Morgan fingerprint density at radius 1 is 0.333 bits per heavy atom. The second-order valence-electron chi connectivity index (χ2n) is 8.98. The fourth-order valence-electron chi connectivity index (χ4n) is 3.88. The normalized spacial score (nSPS) is 10.7. The molecule has 2 aliphatic heterocycles. The summed E-state index contributed by atoms with van der Waals surface area (Å²) in [5.41, 5.74) is 7.86. The van der Waals surface area contributed by atoms with E-state index in [0.29, 0.717) is 0 Å². The predicted molar refractivity (Wildman–Crippen MR) is 172 cm³/mol. The molecule has 0 spiro atoms. The van der Waals surface area contributed by atoms with Crippen LogP contribution in [0.4, 0.5) is 0 Å². The van der Waals surface area contributed by atoms with E-state index in [1.165, 1.54) is 0 Å². The molecule has 204 valence electrons. The van der Waals surface area contributed by atoms with Gasteiger partial charge in [-0.15, -0.1) is 0 Å². The summed E-state index contributed by atoms with van der Waals surface area (Å²) in [7, 11) is 0. The minimum atomic E-state index is 0.915. The van der Waals surface area contributed by atoms with Crippen LogP contribution in [0, 0.1) is 0 Å². The van der Waals surface area contributed by atoms with Gasteiger partial charge >= 0.3 is 0 Å². The Morgan fingerprint density at radius 3 is 0.929 bits per heavy atom. The quantitative estimate of drug-likeness (QED) is 0.201. The lowest BCUT2D eigenvalue weighted by molar-refractivity contribution is 1.28.